The van der Waals surface area contributed by atoms with Crippen LogP contribution < -0.4 is 25.4 Å². The van der Waals surface area contributed by atoms with Crippen molar-refractivity contribution < 1.29 is 17.7 Å². The molecule has 7 heteroatoms. The summed E-state index contributed by atoms with van der Waals surface area (Å²) in [6.07, 6.45) is 0. The molecule has 5 aromatic carbocycles. The van der Waals surface area contributed by atoms with Gasteiger partial charge < -0.3 is 4.74 Å². The van der Waals surface area contributed by atoms with Crippen LogP contribution in [0.15, 0.2) is 115 Å². The van der Waals surface area contributed by atoms with Crippen LogP contribution in [-0.4, -0.2) is 8.96 Å². The van der Waals surface area contributed by atoms with E-state index in [1.807, 2.05) is 51.1 Å². The fraction of sp³-hybridized carbons (Fsp3) is 0.211. The summed E-state index contributed by atoms with van der Waals surface area (Å²) in [7, 11) is -2.54. The Morgan fingerprint density at radius 3 is 1.82 bits per heavy atom. The number of ether oxygens (including phenoxy) is 1. The highest BCUT2D eigenvalue weighted by Gasteiger charge is 2.39. The van der Waals surface area contributed by atoms with Gasteiger partial charge in [-0.2, -0.15) is 0 Å². The van der Waals surface area contributed by atoms with Crippen molar-refractivity contribution in [2.75, 3.05) is 0 Å². The number of nitrogens with one attached hydrogen (secondary N) is 1. The quantitative estimate of drug-likeness (QED) is 0.182. The van der Waals surface area contributed by atoms with Gasteiger partial charge in [0.25, 0.3) is 0 Å². The number of halogens is 2. The van der Waals surface area contributed by atoms with Crippen LogP contribution in [0.5, 0.6) is 11.5 Å². The second-order valence-electron chi connectivity index (χ2n) is 12.7. The second-order valence-corrected chi connectivity index (χ2v) is 16.9. The molecule has 0 fully saturated rings. The van der Waals surface area contributed by atoms with Gasteiger partial charge in [0.2, 0.25) is 0 Å². The molecule has 1 heterocycles. The van der Waals surface area contributed by atoms with Crippen molar-refractivity contribution in [3.63, 3.8) is 0 Å². The van der Waals surface area contributed by atoms with Gasteiger partial charge in [0.1, 0.15) is 23.1 Å². The van der Waals surface area contributed by atoms with E-state index in [-0.39, 0.29) is 0 Å². The van der Waals surface area contributed by atoms with E-state index < -0.39 is 46.7 Å². The van der Waals surface area contributed by atoms with Crippen molar-refractivity contribution in [2.24, 2.45) is 0 Å². The van der Waals surface area contributed by atoms with Crippen LogP contribution in [0.3, 0.4) is 0 Å². The molecule has 1 aliphatic rings. The van der Waals surface area contributed by atoms with Crippen LogP contribution in [0.1, 0.15) is 62.9 Å². The SMILES string of the molecule is CC1(C)c2cccc(C(N[S@@](=O)C(C)(C)C)c3cc(F)cc(F)c3)c2Oc2c(P(c3ccccc3)c3ccccc3)cccc21. The molecular formula is C38H36F2NO2PS. The predicted molar refractivity (Wildman–Crippen MR) is 183 cm³/mol. The highest BCUT2D eigenvalue weighted by atomic mass is 32.2. The van der Waals surface area contributed by atoms with Crippen LogP contribution >= 0.6 is 7.92 Å². The molecule has 0 saturated carbocycles. The molecule has 1 unspecified atom stereocenters. The molecular weight excluding hydrogens is 603 g/mol. The van der Waals surface area contributed by atoms with Crippen molar-refractivity contribution >= 4 is 34.8 Å². The van der Waals surface area contributed by atoms with E-state index in [0.717, 1.165) is 28.2 Å². The number of hydrogen-bond acceptors (Lipinski definition) is 2. The molecule has 1 N–H and O–H groups in total. The van der Waals surface area contributed by atoms with Gasteiger partial charge in [0.15, 0.2) is 0 Å². The minimum atomic E-state index is -1.56. The lowest BCUT2D eigenvalue weighted by molar-refractivity contribution is 0.413. The van der Waals surface area contributed by atoms with Gasteiger partial charge in [-0.05, 0) is 57.0 Å². The van der Waals surface area contributed by atoms with E-state index in [2.05, 4.69) is 85.3 Å². The van der Waals surface area contributed by atoms with Gasteiger partial charge in [-0.25, -0.2) is 17.7 Å². The maximum absolute atomic E-state index is 14.6. The van der Waals surface area contributed by atoms with Gasteiger partial charge in [-0.15, -0.1) is 0 Å². The molecule has 0 aliphatic carbocycles. The molecule has 0 saturated heterocycles. The molecule has 0 radical (unpaired) electrons. The third-order valence-electron chi connectivity index (χ3n) is 8.17. The number of para-hydroxylation sites is 2. The molecule has 0 aromatic heterocycles. The molecule has 6 rings (SSSR count). The highest BCUT2D eigenvalue weighted by Crippen LogP contribution is 2.52. The third-order valence-corrected chi connectivity index (χ3v) is 12.2. The zero-order chi connectivity index (χ0) is 31.9. The predicted octanol–water partition coefficient (Wildman–Crippen LogP) is 8.30. The van der Waals surface area contributed by atoms with Crippen molar-refractivity contribution in [3.05, 3.63) is 149 Å². The van der Waals surface area contributed by atoms with Gasteiger partial charge in [0.05, 0.1) is 21.8 Å². The molecule has 0 spiro atoms. The van der Waals surface area contributed by atoms with Crippen LogP contribution in [0, 0.1) is 11.6 Å². The fourth-order valence-corrected chi connectivity index (χ4v) is 9.08. The summed E-state index contributed by atoms with van der Waals surface area (Å²) in [5.74, 6) is -0.0178. The van der Waals surface area contributed by atoms with E-state index in [0.29, 0.717) is 16.9 Å². The lowest BCUT2D eigenvalue weighted by Gasteiger charge is -2.38. The maximum atomic E-state index is 14.6. The summed E-state index contributed by atoms with van der Waals surface area (Å²) in [6.45, 7) is 9.92. The van der Waals surface area contributed by atoms with Crippen LogP contribution in [0.2, 0.25) is 0 Å². The maximum Gasteiger partial charge on any atom is 0.139 e. The molecule has 0 amide bonds. The molecule has 2 atom stereocenters. The summed E-state index contributed by atoms with van der Waals surface area (Å²) in [5, 5.41) is 3.47. The van der Waals surface area contributed by atoms with E-state index in [4.69, 9.17) is 4.74 Å². The summed E-state index contributed by atoms with van der Waals surface area (Å²) in [6, 6.07) is 35.7. The normalized spacial score (nSPS) is 15.1. The number of rotatable bonds is 7. The molecule has 230 valence electrons. The van der Waals surface area contributed by atoms with E-state index in [1.165, 1.54) is 22.7 Å². The highest BCUT2D eigenvalue weighted by molar-refractivity contribution is 7.84. The minimum absolute atomic E-state index is 0.329. The topological polar surface area (TPSA) is 38.3 Å². The number of hydrogen-bond donors (Lipinski definition) is 1. The molecule has 45 heavy (non-hydrogen) atoms. The van der Waals surface area contributed by atoms with Crippen molar-refractivity contribution in [3.8, 4) is 11.5 Å². The lowest BCUT2D eigenvalue weighted by atomic mass is 9.74. The van der Waals surface area contributed by atoms with Crippen molar-refractivity contribution in [1.82, 2.24) is 4.72 Å². The van der Waals surface area contributed by atoms with Crippen LogP contribution in [0.25, 0.3) is 0 Å². The summed E-state index contributed by atoms with van der Waals surface area (Å²) < 4.78 is 52.4. The lowest BCUT2D eigenvalue weighted by Crippen LogP contribution is -2.37. The van der Waals surface area contributed by atoms with Gasteiger partial charge in [-0.1, -0.05) is 111 Å². The zero-order valence-corrected chi connectivity index (χ0v) is 27.7. The molecule has 5 aromatic rings. The average Bonchev–Trinajstić information content (AvgIpc) is 3.00. The summed E-state index contributed by atoms with van der Waals surface area (Å²) in [4.78, 5) is 0. The van der Waals surface area contributed by atoms with E-state index in [1.54, 1.807) is 0 Å². The summed E-state index contributed by atoms with van der Waals surface area (Å²) >= 11 is 0. The molecule has 1 aliphatic heterocycles. The minimum Gasteiger partial charge on any atom is -0.456 e. The van der Waals surface area contributed by atoms with E-state index in [9.17, 15) is 13.0 Å². The molecule has 3 nitrogen and oxygen atoms in total. The average molecular weight is 640 g/mol. The van der Waals surface area contributed by atoms with Gasteiger partial charge >= 0.3 is 0 Å². The Labute approximate surface area is 268 Å². The Morgan fingerprint density at radius 1 is 0.733 bits per heavy atom. The first-order chi connectivity index (χ1) is 21.4. The zero-order valence-electron chi connectivity index (χ0n) is 26.0. The van der Waals surface area contributed by atoms with Gasteiger partial charge in [0, 0.05) is 33.5 Å². The summed E-state index contributed by atoms with van der Waals surface area (Å²) in [5.41, 5.74) is 2.52. The van der Waals surface area contributed by atoms with Crippen molar-refractivity contribution in [2.45, 2.75) is 50.8 Å². The Kier molecular flexibility index (Phi) is 8.51. The Morgan fingerprint density at radius 2 is 1.27 bits per heavy atom. The fourth-order valence-electron chi connectivity index (χ4n) is 5.85. The Bertz CT molecular complexity index is 1810. The second kappa shape index (κ2) is 12.2. The standard InChI is InChI=1S/C38H36F2NO2PS/c1-37(2,3)45(42)41-34(25-22-26(39)24-27(40)23-25)30-18-12-19-31-35(30)43-36-32(38(31,4)5)20-13-21-33(36)44(28-14-8-6-9-15-28)29-16-10-7-11-17-29/h6-24,34,41H,1-5H3/t34?,45-/m0/s1. The Balaban J connectivity index is 1.56. The first-order valence-corrected chi connectivity index (χ1v) is 17.4. The largest absolute Gasteiger partial charge is 0.456 e. The van der Waals surface area contributed by atoms with Crippen molar-refractivity contribution in [1.29, 1.82) is 0 Å². The van der Waals surface area contributed by atoms with Crippen LogP contribution in [0.4, 0.5) is 8.78 Å². The number of fused-ring (bicyclic) bond motifs is 2. The smallest absolute Gasteiger partial charge is 0.139 e. The Hall–Kier alpha value is -3.70. The third kappa shape index (κ3) is 6.12. The van der Waals surface area contributed by atoms with E-state index >= 15 is 0 Å². The van der Waals surface area contributed by atoms with Crippen LogP contribution in [-0.2, 0) is 16.4 Å². The molecule has 0 bridgehead atoms. The van der Waals surface area contributed by atoms with Gasteiger partial charge in [-0.3, -0.25) is 0 Å². The first-order valence-electron chi connectivity index (χ1n) is 14.9. The number of benzene rings is 5. The monoisotopic (exact) mass is 639 g/mol. The first kappa shape index (κ1) is 31.3.